The molecule has 2 saturated heterocycles. The number of hydrogen-bond donors (Lipinski definition) is 1. The summed E-state index contributed by atoms with van der Waals surface area (Å²) in [5.41, 5.74) is 6.95. The summed E-state index contributed by atoms with van der Waals surface area (Å²) in [4.78, 5) is 35.4. The number of pyridine rings is 1. The van der Waals surface area contributed by atoms with Crippen LogP contribution >= 0.6 is 11.6 Å². The second kappa shape index (κ2) is 15.6. The minimum atomic E-state index is -0.585. The van der Waals surface area contributed by atoms with Gasteiger partial charge in [-0.2, -0.15) is 5.10 Å². The molecule has 6 aromatic rings. The zero-order valence-corrected chi connectivity index (χ0v) is 33.8. The number of benzene rings is 3. The number of carbonyl (C=O) groups is 1. The fourth-order valence-electron chi connectivity index (χ4n) is 8.73. The first-order chi connectivity index (χ1) is 28.2. The molecule has 11 nitrogen and oxygen atoms in total. The summed E-state index contributed by atoms with van der Waals surface area (Å²) in [5, 5.41) is 8.79. The SMILES string of the molecule is CC(C)(C)OC(=O)N[C@@H]1c2ccccc2CC12CCN(c1cnc3c(-c4ccnc(N=C(c5ccccc5)c5ccccc5)c4Cl)nn(C4CCCCO4)c3n1)CC2. The molecule has 2 fully saturated rings. The number of piperidine rings is 1. The molecule has 0 radical (unpaired) electrons. The number of carbonyl (C=O) groups excluding carboxylic acids is 1. The number of fused-ring (bicyclic) bond motifs is 2. The van der Waals surface area contributed by atoms with Crippen LogP contribution < -0.4 is 10.2 Å². The van der Waals surface area contributed by atoms with Crippen molar-refractivity contribution in [2.45, 2.75) is 77.2 Å². The van der Waals surface area contributed by atoms with Crippen LogP contribution in [0.2, 0.25) is 5.02 Å². The van der Waals surface area contributed by atoms with Gasteiger partial charge in [0.05, 0.1) is 23.0 Å². The summed E-state index contributed by atoms with van der Waals surface area (Å²) in [5.74, 6) is 1.17. The molecule has 1 N–H and O–H groups in total. The minimum absolute atomic E-state index is 0.140. The Balaban J connectivity index is 1.05. The summed E-state index contributed by atoms with van der Waals surface area (Å²) < 4.78 is 13.9. The van der Waals surface area contributed by atoms with E-state index in [-0.39, 0.29) is 23.8 Å². The molecule has 2 atom stereocenters. The Kier molecular flexibility index (Phi) is 10.2. The smallest absolute Gasteiger partial charge is 0.408 e. The van der Waals surface area contributed by atoms with Gasteiger partial charge in [-0.25, -0.2) is 29.4 Å². The lowest BCUT2D eigenvalue weighted by atomic mass is 9.72. The van der Waals surface area contributed by atoms with Crippen molar-refractivity contribution in [3.8, 4) is 11.3 Å². The van der Waals surface area contributed by atoms with Crippen molar-refractivity contribution < 1.29 is 14.3 Å². The van der Waals surface area contributed by atoms with Gasteiger partial charge in [-0.1, -0.05) is 96.5 Å². The van der Waals surface area contributed by atoms with Crippen LogP contribution in [0.3, 0.4) is 0 Å². The van der Waals surface area contributed by atoms with Crippen LogP contribution in [0.25, 0.3) is 22.4 Å². The standard InChI is InChI=1S/C46H47ClN8O3/c1-45(2,3)58-44(56)52-41-33-19-11-10-18-32(33)28-46(41)22-25-54(26-23-46)35-29-49-40-39(53-55(43(40)50-35)36-20-12-13-27-57-36)34-21-24-48-42(37(34)47)51-38(30-14-6-4-7-15-30)31-16-8-5-9-17-31/h4-11,14-19,21,24,29,36,41H,12-13,20,22-23,25-28H2,1-3H3,(H,52,56)/t36?,41-/m1/s1. The van der Waals surface area contributed by atoms with E-state index in [4.69, 9.17) is 41.1 Å². The molecule has 58 heavy (non-hydrogen) atoms. The minimum Gasteiger partial charge on any atom is -0.444 e. The van der Waals surface area contributed by atoms with Gasteiger partial charge in [0, 0.05) is 48.0 Å². The molecule has 3 aliphatic rings. The van der Waals surface area contributed by atoms with Crippen molar-refractivity contribution in [2.24, 2.45) is 10.4 Å². The highest BCUT2D eigenvalue weighted by atomic mass is 35.5. The fraction of sp³-hybridized carbons (Fsp3) is 0.348. The molecule has 2 aliphatic heterocycles. The molecule has 0 saturated carbocycles. The second-order valence-electron chi connectivity index (χ2n) is 16.5. The molecule has 1 unspecified atom stereocenters. The Morgan fingerprint density at radius 3 is 2.33 bits per heavy atom. The van der Waals surface area contributed by atoms with Crippen molar-refractivity contribution in [2.75, 3.05) is 24.6 Å². The van der Waals surface area contributed by atoms with Gasteiger partial charge in [0.2, 0.25) is 0 Å². The van der Waals surface area contributed by atoms with Gasteiger partial charge < -0.3 is 19.7 Å². The lowest BCUT2D eigenvalue weighted by molar-refractivity contribution is -0.0368. The fourth-order valence-corrected chi connectivity index (χ4v) is 8.97. The molecule has 296 valence electrons. The third-order valence-electron chi connectivity index (χ3n) is 11.5. The largest absolute Gasteiger partial charge is 0.444 e. The highest BCUT2D eigenvalue weighted by Gasteiger charge is 2.49. The predicted molar refractivity (Wildman–Crippen MR) is 227 cm³/mol. The second-order valence-corrected chi connectivity index (χ2v) is 16.9. The highest BCUT2D eigenvalue weighted by molar-refractivity contribution is 6.36. The van der Waals surface area contributed by atoms with Gasteiger partial charge >= 0.3 is 6.09 Å². The molecule has 1 amide bonds. The van der Waals surface area contributed by atoms with Gasteiger partial charge in [0.1, 0.15) is 22.6 Å². The van der Waals surface area contributed by atoms with E-state index in [0.717, 1.165) is 74.3 Å². The molecule has 5 heterocycles. The van der Waals surface area contributed by atoms with Crippen LogP contribution in [0.4, 0.5) is 16.4 Å². The van der Waals surface area contributed by atoms with Gasteiger partial charge in [0.15, 0.2) is 17.7 Å². The van der Waals surface area contributed by atoms with E-state index in [1.165, 1.54) is 11.1 Å². The van der Waals surface area contributed by atoms with Crippen LogP contribution in [0.15, 0.2) is 108 Å². The maximum atomic E-state index is 13.1. The first-order valence-electron chi connectivity index (χ1n) is 20.2. The number of anilines is 1. The Labute approximate surface area is 343 Å². The number of aromatic nitrogens is 5. The van der Waals surface area contributed by atoms with Crippen molar-refractivity contribution in [1.29, 1.82) is 0 Å². The molecule has 3 aromatic heterocycles. The maximum Gasteiger partial charge on any atom is 0.408 e. The van der Waals surface area contributed by atoms with Crippen LogP contribution in [0.5, 0.6) is 0 Å². The van der Waals surface area contributed by atoms with E-state index < -0.39 is 5.60 Å². The Morgan fingerprint density at radius 1 is 0.931 bits per heavy atom. The van der Waals surface area contributed by atoms with Crippen LogP contribution in [0, 0.1) is 5.41 Å². The van der Waals surface area contributed by atoms with Gasteiger partial charge in [-0.3, -0.25) is 0 Å². The van der Waals surface area contributed by atoms with E-state index in [1.807, 2.05) is 98.4 Å². The van der Waals surface area contributed by atoms with Crippen molar-refractivity contribution >= 4 is 46.2 Å². The summed E-state index contributed by atoms with van der Waals surface area (Å²) in [6.07, 6.45) is 8.36. The first-order valence-corrected chi connectivity index (χ1v) is 20.6. The molecular formula is C46H47ClN8O3. The van der Waals surface area contributed by atoms with E-state index >= 15 is 0 Å². The first kappa shape index (κ1) is 37.9. The van der Waals surface area contributed by atoms with E-state index in [2.05, 4.69) is 39.5 Å². The molecule has 1 aliphatic carbocycles. The summed E-state index contributed by atoms with van der Waals surface area (Å²) in [7, 11) is 0. The Bertz CT molecular complexity index is 2430. The number of ether oxygens (including phenoxy) is 2. The monoisotopic (exact) mass is 794 g/mol. The van der Waals surface area contributed by atoms with E-state index in [0.29, 0.717) is 39.9 Å². The number of hydrogen-bond acceptors (Lipinski definition) is 9. The zero-order chi connectivity index (χ0) is 39.9. The maximum absolute atomic E-state index is 13.1. The predicted octanol–water partition coefficient (Wildman–Crippen LogP) is 9.82. The summed E-state index contributed by atoms with van der Waals surface area (Å²) in [6, 6.07) is 30.3. The zero-order valence-electron chi connectivity index (χ0n) is 33.1. The molecule has 0 bridgehead atoms. The lowest BCUT2D eigenvalue weighted by Crippen LogP contribution is -2.48. The molecule has 1 spiro atoms. The highest BCUT2D eigenvalue weighted by Crippen LogP contribution is 2.52. The number of amides is 1. The molecule has 12 heteroatoms. The van der Waals surface area contributed by atoms with Gasteiger partial charge in [-0.15, -0.1) is 0 Å². The van der Waals surface area contributed by atoms with E-state index in [9.17, 15) is 4.79 Å². The topological polar surface area (TPSA) is 120 Å². The number of nitrogens with zero attached hydrogens (tertiary/aromatic N) is 7. The average molecular weight is 795 g/mol. The Hall–Kier alpha value is -5.65. The molecule has 9 rings (SSSR count). The van der Waals surface area contributed by atoms with Crippen LogP contribution in [0.1, 0.15) is 87.4 Å². The number of halogens is 1. The quantitative estimate of drug-likeness (QED) is 0.159. The summed E-state index contributed by atoms with van der Waals surface area (Å²) in [6.45, 7) is 7.84. The van der Waals surface area contributed by atoms with E-state index in [1.54, 1.807) is 6.20 Å². The van der Waals surface area contributed by atoms with Crippen molar-refractivity contribution in [3.05, 3.63) is 131 Å². The number of aliphatic imine (C=N–C) groups is 1. The number of nitrogens with one attached hydrogen (secondary N) is 1. The van der Waals surface area contributed by atoms with Crippen molar-refractivity contribution in [1.82, 2.24) is 30.0 Å². The van der Waals surface area contributed by atoms with Crippen LogP contribution in [-0.4, -0.2) is 61.8 Å². The van der Waals surface area contributed by atoms with Gasteiger partial charge in [0.25, 0.3) is 0 Å². The molecule has 3 aromatic carbocycles. The van der Waals surface area contributed by atoms with Gasteiger partial charge in [-0.05, 0) is 76.5 Å². The lowest BCUT2D eigenvalue weighted by Gasteiger charge is -2.43. The third kappa shape index (κ3) is 7.44. The summed E-state index contributed by atoms with van der Waals surface area (Å²) >= 11 is 7.24. The molecular weight excluding hydrogens is 748 g/mol. The van der Waals surface area contributed by atoms with Crippen molar-refractivity contribution in [3.63, 3.8) is 0 Å². The number of alkyl carbamates (subject to hydrolysis) is 1. The van der Waals surface area contributed by atoms with Crippen LogP contribution in [-0.2, 0) is 15.9 Å². The normalized spacial score (nSPS) is 18.9. The third-order valence-corrected chi connectivity index (χ3v) is 11.9. The number of rotatable bonds is 7. The Morgan fingerprint density at radius 2 is 1.64 bits per heavy atom. The average Bonchev–Trinajstić information content (AvgIpc) is 3.76.